The van der Waals surface area contributed by atoms with Crippen molar-refractivity contribution in [3.63, 3.8) is 0 Å². The standard InChI is InChI=1S/C15H23N3O/c1-12-3-4-13(2)14(11-12)15(19)17-7-10-18-8-5-16-6-9-18/h3-4,11,16H,5-10H2,1-2H3,(H,17,19). The van der Waals surface area contributed by atoms with Crippen LogP contribution >= 0.6 is 0 Å². The van der Waals surface area contributed by atoms with Crippen LogP contribution in [0.3, 0.4) is 0 Å². The van der Waals surface area contributed by atoms with Crippen LogP contribution < -0.4 is 10.6 Å². The van der Waals surface area contributed by atoms with Crippen molar-refractivity contribution in [2.24, 2.45) is 0 Å². The quantitative estimate of drug-likeness (QED) is 0.848. The van der Waals surface area contributed by atoms with Gasteiger partial charge in [-0.3, -0.25) is 9.69 Å². The van der Waals surface area contributed by atoms with Crippen LogP contribution in [-0.2, 0) is 0 Å². The molecule has 1 aliphatic heterocycles. The van der Waals surface area contributed by atoms with Crippen molar-refractivity contribution in [2.75, 3.05) is 39.3 Å². The number of nitrogens with zero attached hydrogens (tertiary/aromatic N) is 1. The molecule has 1 amide bonds. The summed E-state index contributed by atoms with van der Waals surface area (Å²) in [7, 11) is 0. The highest BCUT2D eigenvalue weighted by atomic mass is 16.1. The molecule has 1 aromatic rings. The van der Waals surface area contributed by atoms with E-state index in [1.807, 2.05) is 32.0 Å². The van der Waals surface area contributed by atoms with Crippen LogP contribution in [0.15, 0.2) is 18.2 Å². The van der Waals surface area contributed by atoms with Gasteiger partial charge < -0.3 is 10.6 Å². The molecule has 0 saturated carbocycles. The fraction of sp³-hybridized carbons (Fsp3) is 0.533. The SMILES string of the molecule is Cc1ccc(C)c(C(=O)NCCN2CCNCC2)c1. The van der Waals surface area contributed by atoms with E-state index >= 15 is 0 Å². The summed E-state index contributed by atoms with van der Waals surface area (Å²) in [6.07, 6.45) is 0. The van der Waals surface area contributed by atoms with Gasteiger partial charge in [0.15, 0.2) is 0 Å². The number of amides is 1. The van der Waals surface area contributed by atoms with E-state index in [4.69, 9.17) is 0 Å². The third-order valence-corrected chi connectivity index (χ3v) is 3.56. The molecule has 19 heavy (non-hydrogen) atoms. The molecule has 0 radical (unpaired) electrons. The predicted molar refractivity (Wildman–Crippen MR) is 77.6 cm³/mol. The molecule has 0 bridgehead atoms. The second-order valence-electron chi connectivity index (χ2n) is 5.17. The van der Waals surface area contributed by atoms with Crippen LogP contribution in [0, 0.1) is 13.8 Å². The molecule has 1 fully saturated rings. The average Bonchev–Trinajstić information content (AvgIpc) is 2.42. The summed E-state index contributed by atoms with van der Waals surface area (Å²) in [6, 6.07) is 5.99. The molecule has 0 aromatic heterocycles. The van der Waals surface area contributed by atoms with Gasteiger partial charge in [-0.1, -0.05) is 17.7 Å². The van der Waals surface area contributed by atoms with E-state index < -0.39 is 0 Å². The van der Waals surface area contributed by atoms with Gasteiger partial charge in [-0.15, -0.1) is 0 Å². The Morgan fingerprint density at radius 2 is 2.05 bits per heavy atom. The smallest absolute Gasteiger partial charge is 0.251 e. The zero-order valence-electron chi connectivity index (χ0n) is 11.8. The summed E-state index contributed by atoms with van der Waals surface area (Å²) >= 11 is 0. The fourth-order valence-corrected chi connectivity index (χ4v) is 2.34. The van der Waals surface area contributed by atoms with Crippen molar-refractivity contribution in [2.45, 2.75) is 13.8 Å². The number of hydrogen-bond acceptors (Lipinski definition) is 3. The van der Waals surface area contributed by atoms with Gasteiger partial charge in [-0.05, 0) is 25.5 Å². The summed E-state index contributed by atoms with van der Waals surface area (Å²) in [5.74, 6) is 0.0383. The molecule has 1 heterocycles. The van der Waals surface area contributed by atoms with Crippen LogP contribution in [-0.4, -0.2) is 50.1 Å². The molecule has 0 spiro atoms. The first-order valence-electron chi connectivity index (χ1n) is 6.95. The van der Waals surface area contributed by atoms with Crippen molar-refractivity contribution in [3.05, 3.63) is 34.9 Å². The predicted octanol–water partition coefficient (Wildman–Crippen LogP) is 0.938. The molecule has 0 atom stereocenters. The normalized spacial score (nSPS) is 16.3. The van der Waals surface area contributed by atoms with E-state index in [-0.39, 0.29) is 5.91 Å². The van der Waals surface area contributed by atoms with Gasteiger partial charge in [-0.25, -0.2) is 0 Å². The molecule has 0 aliphatic carbocycles. The lowest BCUT2D eigenvalue weighted by molar-refractivity contribution is 0.0946. The first kappa shape index (κ1) is 14.0. The lowest BCUT2D eigenvalue weighted by Gasteiger charge is -2.27. The zero-order valence-corrected chi connectivity index (χ0v) is 11.8. The van der Waals surface area contributed by atoms with E-state index in [1.165, 1.54) is 0 Å². The van der Waals surface area contributed by atoms with Crippen LogP contribution in [0.25, 0.3) is 0 Å². The molecule has 1 aliphatic rings. The van der Waals surface area contributed by atoms with E-state index in [0.717, 1.165) is 49.4 Å². The Labute approximate surface area is 115 Å². The van der Waals surface area contributed by atoms with Crippen LogP contribution in [0.2, 0.25) is 0 Å². The summed E-state index contributed by atoms with van der Waals surface area (Å²) in [4.78, 5) is 14.5. The molecule has 4 heteroatoms. The molecular weight excluding hydrogens is 238 g/mol. The molecule has 2 rings (SSSR count). The maximum atomic E-state index is 12.1. The highest BCUT2D eigenvalue weighted by Crippen LogP contribution is 2.10. The molecule has 4 nitrogen and oxygen atoms in total. The largest absolute Gasteiger partial charge is 0.351 e. The Morgan fingerprint density at radius 1 is 1.32 bits per heavy atom. The Kier molecular flexibility index (Phi) is 4.93. The summed E-state index contributed by atoms with van der Waals surface area (Å²) in [5.41, 5.74) is 2.95. The summed E-state index contributed by atoms with van der Waals surface area (Å²) in [6.45, 7) is 9.86. The van der Waals surface area contributed by atoms with E-state index in [0.29, 0.717) is 6.54 Å². The Morgan fingerprint density at radius 3 is 2.79 bits per heavy atom. The topological polar surface area (TPSA) is 44.4 Å². The maximum absolute atomic E-state index is 12.1. The van der Waals surface area contributed by atoms with Crippen molar-refractivity contribution >= 4 is 5.91 Å². The first-order valence-corrected chi connectivity index (χ1v) is 6.95. The van der Waals surface area contributed by atoms with Crippen LogP contribution in [0.1, 0.15) is 21.5 Å². The summed E-state index contributed by atoms with van der Waals surface area (Å²) in [5, 5.41) is 6.34. The Hall–Kier alpha value is -1.39. The third-order valence-electron chi connectivity index (χ3n) is 3.56. The van der Waals surface area contributed by atoms with Crippen molar-refractivity contribution in [1.82, 2.24) is 15.5 Å². The Balaban J connectivity index is 1.82. The minimum Gasteiger partial charge on any atom is -0.351 e. The van der Waals surface area contributed by atoms with Crippen LogP contribution in [0.5, 0.6) is 0 Å². The van der Waals surface area contributed by atoms with Crippen LogP contribution in [0.4, 0.5) is 0 Å². The first-order chi connectivity index (χ1) is 9.16. The number of carbonyl (C=O) groups excluding carboxylic acids is 1. The third kappa shape index (κ3) is 4.04. The number of nitrogens with one attached hydrogen (secondary N) is 2. The van der Waals surface area contributed by atoms with Gasteiger partial charge >= 0.3 is 0 Å². The number of piperazine rings is 1. The molecular formula is C15H23N3O. The highest BCUT2D eigenvalue weighted by molar-refractivity contribution is 5.95. The average molecular weight is 261 g/mol. The Bertz CT molecular complexity index is 439. The summed E-state index contributed by atoms with van der Waals surface area (Å²) < 4.78 is 0. The van der Waals surface area contributed by atoms with Gasteiger partial charge in [0.1, 0.15) is 0 Å². The monoisotopic (exact) mass is 261 g/mol. The molecule has 1 saturated heterocycles. The van der Waals surface area contributed by atoms with Crippen molar-refractivity contribution in [1.29, 1.82) is 0 Å². The number of aryl methyl sites for hydroxylation is 2. The number of benzene rings is 1. The second-order valence-corrected chi connectivity index (χ2v) is 5.17. The maximum Gasteiger partial charge on any atom is 0.251 e. The fourth-order valence-electron chi connectivity index (χ4n) is 2.34. The molecule has 0 unspecified atom stereocenters. The van der Waals surface area contributed by atoms with Gasteiger partial charge in [-0.2, -0.15) is 0 Å². The van der Waals surface area contributed by atoms with E-state index in [2.05, 4.69) is 15.5 Å². The molecule has 104 valence electrons. The van der Waals surface area contributed by atoms with E-state index in [1.54, 1.807) is 0 Å². The number of hydrogen-bond donors (Lipinski definition) is 2. The lowest BCUT2D eigenvalue weighted by Crippen LogP contribution is -2.46. The number of rotatable bonds is 4. The minimum atomic E-state index is 0.0383. The van der Waals surface area contributed by atoms with Gasteiger partial charge in [0.25, 0.3) is 5.91 Å². The molecule has 2 N–H and O–H groups in total. The van der Waals surface area contributed by atoms with Crippen molar-refractivity contribution in [3.8, 4) is 0 Å². The van der Waals surface area contributed by atoms with Gasteiger partial charge in [0, 0.05) is 44.8 Å². The molecule has 1 aromatic carbocycles. The van der Waals surface area contributed by atoms with Gasteiger partial charge in [0.2, 0.25) is 0 Å². The van der Waals surface area contributed by atoms with Crippen molar-refractivity contribution < 1.29 is 4.79 Å². The second kappa shape index (κ2) is 6.68. The zero-order chi connectivity index (χ0) is 13.7. The minimum absolute atomic E-state index is 0.0383. The van der Waals surface area contributed by atoms with E-state index in [9.17, 15) is 4.79 Å². The van der Waals surface area contributed by atoms with Gasteiger partial charge in [0.05, 0.1) is 0 Å². The lowest BCUT2D eigenvalue weighted by atomic mass is 10.1. The number of carbonyl (C=O) groups is 1. The highest BCUT2D eigenvalue weighted by Gasteiger charge is 2.11.